The zero-order chi connectivity index (χ0) is 22.4. The van der Waals surface area contributed by atoms with Gasteiger partial charge in [0.05, 0.1) is 11.0 Å². The fraction of sp³-hybridized carbons (Fsp3) is 0.0323. The highest BCUT2D eigenvalue weighted by atomic mass is 15.0. The maximum absolute atomic E-state index is 3.85. The first-order chi connectivity index (χ1) is 16.3. The van der Waals surface area contributed by atoms with Gasteiger partial charge in [-0.1, -0.05) is 67.3 Å². The number of fused-ring (bicyclic) bond motifs is 4. The molecule has 0 atom stereocenters. The molecule has 0 spiro atoms. The zero-order valence-electron chi connectivity index (χ0n) is 18.5. The SMILES string of the molecule is C=C/C=c1/[nH]c2ccc(-c3ccc4c(c3)c3ccccc3n4-c3ccccc3)cc2/c1=C/C. The van der Waals surface area contributed by atoms with E-state index in [9.17, 15) is 0 Å². The summed E-state index contributed by atoms with van der Waals surface area (Å²) in [6, 6.07) is 32.7. The van der Waals surface area contributed by atoms with E-state index in [1.54, 1.807) is 0 Å². The summed E-state index contributed by atoms with van der Waals surface area (Å²) in [6.45, 7) is 5.94. The quantitative estimate of drug-likeness (QED) is 0.326. The summed E-state index contributed by atoms with van der Waals surface area (Å²) < 4.78 is 2.35. The zero-order valence-corrected chi connectivity index (χ0v) is 18.5. The van der Waals surface area contributed by atoms with E-state index in [2.05, 4.69) is 120 Å². The van der Waals surface area contributed by atoms with Gasteiger partial charge in [0.15, 0.2) is 0 Å². The average Bonchev–Trinajstić information content (AvgIpc) is 3.38. The van der Waals surface area contributed by atoms with E-state index in [-0.39, 0.29) is 0 Å². The van der Waals surface area contributed by atoms with Crippen molar-refractivity contribution in [3.05, 3.63) is 114 Å². The minimum absolute atomic E-state index is 1.10. The predicted octanol–water partition coefficient (Wildman–Crippen LogP) is 6.70. The van der Waals surface area contributed by atoms with Gasteiger partial charge in [0.25, 0.3) is 0 Å². The fourth-order valence-electron chi connectivity index (χ4n) is 4.98. The highest BCUT2D eigenvalue weighted by molar-refractivity contribution is 6.10. The molecule has 0 aliphatic heterocycles. The molecule has 1 N–H and O–H groups in total. The van der Waals surface area contributed by atoms with Crippen LogP contribution in [0.4, 0.5) is 0 Å². The van der Waals surface area contributed by atoms with Gasteiger partial charge in [-0.15, -0.1) is 0 Å². The number of aromatic amines is 1. The molecule has 2 nitrogen and oxygen atoms in total. The van der Waals surface area contributed by atoms with Crippen LogP contribution in [-0.2, 0) is 0 Å². The van der Waals surface area contributed by atoms with Crippen molar-refractivity contribution in [2.45, 2.75) is 6.92 Å². The summed E-state index contributed by atoms with van der Waals surface area (Å²) in [5, 5.41) is 6.08. The van der Waals surface area contributed by atoms with Gasteiger partial charge < -0.3 is 9.55 Å². The Balaban J connectivity index is 1.61. The Hall–Kier alpha value is -4.30. The average molecular weight is 425 g/mol. The fourth-order valence-corrected chi connectivity index (χ4v) is 4.98. The second-order valence-electron chi connectivity index (χ2n) is 8.32. The van der Waals surface area contributed by atoms with Crippen LogP contribution in [0.2, 0.25) is 0 Å². The van der Waals surface area contributed by atoms with Crippen LogP contribution in [0.3, 0.4) is 0 Å². The van der Waals surface area contributed by atoms with Crippen LogP contribution in [0.5, 0.6) is 0 Å². The monoisotopic (exact) mass is 424 g/mol. The van der Waals surface area contributed by atoms with Gasteiger partial charge in [0, 0.05) is 37.9 Å². The third-order valence-corrected chi connectivity index (χ3v) is 6.46. The Morgan fingerprint density at radius 2 is 1.42 bits per heavy atom. The second kappa shape index (κ2) is 7.68. The Morgan fingerprint density at radius 1 is 0.727 bits per heavy atom. The molecule has 2 aromatic heterocycles. The van der Waals surface area contributed by atoms with Gasteiger partial charge in [-0.2, -0.15) is 0 Å². The van der Waals surface area contributed by atoms with Crippen molar-refractivity contribution in [1.29, 1.82) is 0 Å². The van der Waals surface area contributed by atoms with Crippen LogP contribution in [-0.4, -0.2) is 9.55 Å². The number of H-pyrrole nitrogens is 1. The molecular weight excluding hydrogens is 400 g/mol. The number of hydrogen-bond donors (Lipinski definition) is 1. The van der Waals surface area contributed by atoms with E-state index in [1.807, 2.05) is 12.2 Å². The molecule has 158 valence electrons. The molecule has 0 bridgehead atoms. The molecule has 2 heteroatoms. The van der Waals surface area contributed by atoms with Crippen molar-refractivity contribution in [2.24, 2.45) is 0 Å². The lowest BCUT2D eigenvalue weighted by Gasteiger charge is -2.08. The third kappa shape index (κ3) is 3.03. The highest BCUT2D eigenvalue weighted by Crippen LogP contribution is 2.35. The molecule has 0 aliphatic rings. The minimum Gasteiger partial charge on any atom is -0.355 e. The van der Waals surface area contributed by atoms with Gasteiger partial charge >= 0.3 is 0 Å². The summed E-state index contributed by atoms with van der Waals surface area (Å²) in [4.78, 5) is 3.51. The number of nitrogens with zero attached hydrogens (tertiary/aromatic N) is 1. The lowest BCUT2D eigenvalue weighted by molar-refractivity contribution is 1.18. The molecule has 0 fully saturated rings. The van der Waals surface area contributed by atoms with Gasteiger partial charge in [-0.25, -0.2) is 0 Å². The van der Waals surface area contributed by atoms with Crippen LogP contribution < -0.4 is 10.6 Å². The Bertz CT molecular complexity index is 1780. The number of nitrogens with one attached hydrogen (secondary N) is 1. The topological polar surface area (TPSA) is 20.7 Å². The lowest BCUT2D eigenvalue weighted by atomic mass is 10.0. The maximum Gasteiger partial charge on any atom is 0.0541 e. The molecule has 6 aromatic rings. The number of para-hydroxylation sites is 2. The Kier molecular flexibility index (Phi) is 4.51. The molecular formula is C31H24N2. The van der Waals surface area contributed by atoms with Gasteiger partial charge in [0.2, 0.25) is 0 Å². The molecule has 0 aliphatic carbocycles. The molecule has 2 heterocycles. The predicted molar refractivity (Wildman–Crippen MR) is 142 cm³/mol. The molecule has 0 saturated heterocycles. The van der Waals surface area contributed by atoms with Gasteiger partial charge in [-0.05, 0) is 66.6 Å². The first-order valence-electron chi connectivity index (χ1n) is 11.3. The molecule has 0 saturated carbocycles. The van der Waals surface area contributed by atoms with Crippen molar-refractivity contribution in [3.8, 4) is 16.8 Å². The van der Waals surface area contributed by atoms with Crippen LogP contribution in [0.25, 0.3) is 61.7 Å². The van der Waals surface area contributed by atoms with Crippen LogP contribution in [0, 0.1) is 0 Å². The summed E-state index contributed by atoms with van der Waals surface area (Å²) in [5.74, 6) is 0. The third-order valence-electron chi connectivity index (χ3n) is 6.46. The van der Waals surface area contributed by atoms with Crippen molar-refractivity contribution >= 4 is 44.9 Å². The highest BCUT2D eigenvalue weighted by Gasteiger charge is 2.13. The van der Waals surface area contributed by atoms with E-state index < -0.39 is 0 Å². The Labute approximate surface area is 192 Å². The van der Waals surface area contributed by atoms with Crippen LogP contribution in [0.1, 0.15) is 6.92 Å². The van der Waals surface area contributed by atoms with E-state index >= 15 is 0 Å². The normalized spacial score (nSPS) is 12.9. The van der Waals surface area contributed by atoms with Crippen LogP contribution in [0.15, 0.2) is 104 Å². The van der Waals surface area contributed by atoms with E-state index in [0.717, 1.165) is 10.9 Å². The summed E-state index contributed by atoms with van der Waals surface area (Å²) in [5.41, 5.74) is 7.20. The molecule has 6 rings (SSSR count). The van der Waals surface area contributed by atoms with Crippen LogP contribution >= 0.6 is 0 Å². The molecule has 33 heavy (non-hydrogen) atoms. The van der Waals surface area contributed by atoms with E-state index in [0.29, 0.717) is 0 Å². The first-order valence-corrected chi connectivity index (χ1v) is 11.3. The largest absolute Gasteiger partial charge is 0.355 e. The summed E-state index contributed by atoms with van der Waals surface area (Å²) in [6.07, 6.45) is 6.02. The standard InChI is InChI=1S/C31H24N2/c1-3-10-28-24(4-2)26-19-21(15-17-29(26)32-28)22-16-18-31-27(20-22)25-13-8-9-14-30(25)33(31)23-11-6-5-7-12-23/h3-20,32H,1H2,2H3/b24-4-,28-10+. The minimum atomic E-state index is 1.10. The number of aromatic nitrogens is 2. The summed E-state index contributed by atoms with van der Waals surface area (Å²) in [7, 11) is 0. The van der Waals surface area contributed by atoms with Crippen molar-refractivity contribution in [3.63, 3.8) is 0 Å². The van der Waals surface area contributed by atoms with E-state index in [1.165, 1.54) is 49.2 Å². The summed E-state index contributed by atoms with van der Waals surface area (Å²) >= 11 is 0. The van der Waals surface area contributed by atoms with Crippen molar-refractivity contribution in [2.75, 3.05) is 0 Å². The van der Waals surface area contributed by atoms with Gasteiger partial charge in [0.1, 0.15) is 0 Å². The van der Waals surface area contributed by atoms with Crippen molar-refractivity contribution < 1.29 is 0 Å². The smallest absolute Gasteiger partial charge is 0.0541 e. The second-order valence-corrected chi connectivity index (χ2v) is 8.32. The number of benzene rings is 4. The maximum atomic E-state index is 3.85. The molecule has 0 amide bonds. The van der Waals surface area contributed by atoms with Crippen molar-refractivity contribution in [1.82, 2.24) is 9.55 Å². The number of allylic oxidation sites excluding steroid dienone is 1. The Morgan fingerprint density at radius 3 is 2.21 bits per heavy atom. The molecule has 0 radical (unpaired) electrons. The van der Waals surface area contributed by atoms with Gasteiger partial charge in [-0.3, -0.25) is 0 Å². The first kappa shape index (κ1) is 19.4. The van der Waals surface area contributed by atoms with E-state index in [4.69, 9.17) is 0 Å². The number of rotatable bonds is 3. The molecule has 4 aromatic carbocycles. The molecule has 0 unspecified atom stereocenters. The lowest BCUT2D eigenvalue weighted by Crippen LogP contribution is -2.21. The number of hydrogen-bond acceptors (Lipinski definition) is 0.